The van der Waals surface area contributed by atoms with Crippen LogP contribution < -0.4 is 10.2 Å². The first kappa shape index (κ1) is 21.7. The predicted molar refractivity (Wildman–Crippen MR) is 111 cm³/mol. The molecule has 2 aromatic rings. The Hall–Kier alpha value is -3.50. The fourth-order valence-electron chi connectivity index (χ4n) is 4.19. The maximum absolute atomic E-state index is 13.3. The van der Waals surface area contributed by atoms with E-state index >= 15 is 0 Å². The van der Waals surface area contributed by atoms with Crippen LogP contribution in [0.3, 0.4) is 0 Å². The lowest BCUT2D eigenvalue weighted by molar-refractivity contribution is -0.137. The number of anilines is 1. The third-order valence-electron chi connectivity index (χ3n) is 5.59. The molecule has 0 aromatic carbocycles. The van der Waals surface area contributed by atoms with Gasteiger partial charge in [0.25, 0.3) is 5.91 Å². The number of aromatic nitrogens is 2. The zero-order valence-electron chi connectivity index (χ0n) is 17.1. The Morgan fingerprint density at radius 3 is 2.78 bits per heavy atom. The third kappa shape index (κ3) is 4.41. The summed E-state index contributed by atoms with van der Waals surface area (Å²) in [5.74, 6) is 0.0583. The second-order valence-electron chi connectivity index (χ2n) is 7.81. The molecule has 2 fully saturated rings. The zero-order valence-corrected chi connectivity index (χ0v) is 17.1. The molecular formula is C21H21F3N6O2. The van der Waals surface area contributed by atoms with Crippen molar-refractivity contribution in [2.45, 2.75) is 38.1 Å². The zero-order chi connectivity index (χ0) is 22.9. The number of carbonyl (C=O) groups excluding carboxylic acids is 1. The van der Waals surface area contributed by atoms with E-state index in [1.165, 1.54) is 12.3 Å². The summed E-state index contributed by atoms with van der Waals surface area (Å²) in [6.07, 6.45) is -0.380. The van der Waals surface area contributed by atoms with E-state index in [1.54, 1.807) is 24.0 Å². The standard InChI is InChI=1S/C21H21F3N6O2/c1-12-2-4-15(29-27-7-6-25)19(28-12)20(31)30-11-13-8-16(30)17(9-13)32-18-5-3-14(10-26-18)21(22,23)24/h2-7,10,13,16-17,25,29H,8-9,11H2,1H3/b25-6?,27-7-. The summed E-state index contributed by atoms with van der Waals surface area (Å²) in [4.78, 5) is 23.2. The van der Waals surface area contributed by atoms with Crippen LogP contribution in [0.5, 0.6) is 5.88 Å². The third-order valence-corrected chi connectivity index (χ3v) is 5.59. The second kappa shape index (κ2) is 8.56. The molecule has 1 aliphatic carbocycles. The Labute approximate surface area is 182 Å². The highest BCUT2D eigenvalue weighted by Gasteiger charge is 2.49. The molecule has 1 aliphatic heterocycles. The Kier molecular flexibility index (Phi) is 5.81. The molecule has 2 aliphatic rings. The largest absolute Gasteiger partial charge is 0.472 e. The van der Waals surface area contributed by atoms with Crippen molar-refractivity contribution in [1.29, 1.82) is 5.41 Å². The molecule has 2 aromatic heterocycles. The maximum Gasteiger partial charge on any atom is 0.417 e. The van der Waals surface area contributed by atoms with Gasteiger partial charge in [0.05, 0.1) is 23.5 Å². The molecule has 11 heteroatoms. The molecular weight excluding hydrogens is 425 g/mol. The van der Waals surface area contributed by atoms with E-state index in [0.29, 0.717) is 24.3 Å². The lowest BCUT2D eigenvalue weighted by Crippen LogP contribution is -2.47. The number of fused-ring (bicyclic) bond motifs is 2. The smallest absolute Gasteiger partial charge is 0.417 e. The van der Waals surface area contributed by atoms with Crippen molar-refractivity contribution < 1.29 is 22.7 Å². The van der Waals surface area contributed by atoms with Gasteiger partial charge in [0.15, 0.2) is 5.69 Å². The van der Waals surface area contributed by atoms with Gasteiger partial charge in [-0.25, -0.2) is 9.97 Å². The number of nitrogens with one attached hydrogen (secondary N) is 2. The minimum Gasteiger partial charge on any atom is -0.472 e. The van der Waals surface area contributed by atoms with E-state index in [0.717, 1.165) is 24.9 Å². The molecule has 32 heavy (non-hydrogen) atoms. The molecule has 3 atom stereocenters. The molecule has 8 nitrogen and oxygen atoms in total. The number of likely N-dealkylation sites (tertiary alicyclic amines) is 1. The number of pyridine rings is 2. The molecule has 0 spiro atoms. The summed E-state index contributed by atoms with van der Waals surface area (Å²) in [6.45, 7) is 2.34. The van der Waals surface area contributed by atoms with Crippen LogP contribution >= 0.6 is 0 Å². The van der Waals surface area contributed by atoms with Gasteiger partial charge in [0, 0.05) is 30.7 Å². The minimum absolute atomic E-state index is 0.0972. The predicted octanol–water partition coefficient (Wildman–Crippen LogP) is 3.53. The monoisotopic (exact) mass is 446 g/mol. The van der Waals surface area contributed by atoms with Crippen LogP contribution in [0, 0.1) is 18.3 Å². The number of halogens is 3. The maximum atomic E-state index is 13.3. The number of rotatable bonds is 6. The van der Waals surface area contributed by atoms with E-state index in [2.05, 4.69) is 20.5 Å². The average molecular weight is 446 g/mol. The first-order valence-electron chi connectivity index (χ1n) is 10.0. The molecule has 1 saturated heterocycles. The summed E-state index contributed by atoms with van der Waals surface area (Å²) >= 11 is 0. The molecule has 1 amide bonds. The highest BCUT2D eigenvalue weighted by Crippen LogP contribution is 2.41. The van der Waals surface area contributed by atoms with Crippen molar-refractivity contribution >= 4 is 24.0 Å². The number of alkyl halides is 3. The molecule has 0 radical (unpaired) electrons. The van der Waals surface area contributed by atoms with Crippen LogP contribution in [0.4, 0.5) is 18.9 Å². The number of hydrazone groups is 1. The summed E-state index contributed by atoms with van der Waals surface area (Å²) in [6, 6.07) is 5.36. The van der Waals surface area contributed by atoms with Crippen LogP contribution in [0.1, 0.15) is 34.6 Å². The van der Waals surface area contributed by atoms with E-state index in [-0.39, 0.29) is 35.5 Å². The van der Waals surface area contributed by atoms with E-state index in [4.69, 9.17) is 10.1 Å². The fourth-order valence-corrected chi connectivity index (χ4v) is 4.19. The van der Waals surface area contributed by atoms with Gasteiger partial charge in [0.1, 0.15) is 6.10 Å². The second-order valence-corrected chi connectivity index (χ2v) is 7.81. The van der Waals surface area contributed by atoms with Crippen LogP contribution in [0.25, 0.3) is 0 Å². The molecule has 2 bridgehead atoms. The van der Waals surface area contributed by atoms with E-state index in [1.807, 2.05) is 0 Å². The van der Waals surface area contributed by atoms with Gasteiger partial charge >= 0.3 is 6.18 Å². The highest BCUT2D eigenvalue weighted by atomic mass is 19.4. The molecule has 4 rings (SSSR count). The SMILES string of the molecule is Cc1ccc(N/N=C\C=N)c(C(=O)N2CC3CC(Oc4ccc(C(F)(F)F)cn4)C2C3)n1. The number of hydrogen-bond acceptors (Lipinski definition) is 7. The molecule has 3 heterocycles. The van der Waals surface area contributed by atoms with Crippen molar-refractivity contribution in [3.05, 3.63) is 47.4 Å². The number of nitrogens with zero attached hydrogens (tertiary/aromatic N) is 4. The molecule has 2 N–H and O–H groups in total. The van der Waals surface area contributed by atoms with Crippen LogP contribution in [-0.4, -0.2) is 51.9 Å². The van der Waals surface area contributed by atoms with Crippen molar-refractivity contribution in [2.24, 2.45) is 11.0 Å². The van der Waals surface area contributed by atoms with Gasteiger partial charge in [-0.05, 0) is 43.9 Å². The van der Waals surface area contributed by atoms with Gasteiger partial charge in [0.2, 0.25) is 5.88 Å². The van der Waals surface area contributed by atoms with E-state index in [9.17, 15) is 18.0 Å². The minimum atomic E-state index is -4.46. The van der Waals surface area contributed by atoms with Crippen LogP contribution in [0.2, 0.25) is 0 Å². The molecule has 1 saturated carbocycles. The number of amides is 1. The number of ether oxygens (including phenoxy) is 1. The van der Waals surface area contributed by atoms with Gasteiger partial charge in [-0.2, -0.15) is 18.3 Å². The van der Waals surface area contributed by atoms with Crippen LogP contribution in [0.15, 0.2) is 35.6 Å². The van der Waals surface area contributed by atoms with Gasteiger partial charge in [-0.15, -0.1) is 0 Å². The summed E-state index contributed by atoms with van der Waals surface area (Å²) in [5, 5.41) is 10.9. The Morgan fingerprint density at radius 1 is 1.31 bits per heavy atom. The van der Waals surface area contributed by atoms with Crippen molar-refractivity contribution in [1.82, 2.24) is 14.9 Å². The normalized spacial score (nSPS) is 22.4. The molecule has 168 valence electrons. The quantitative estimate of drug-likeness (QED) is 0.522. The van der Waals surface area contributed by atoms with Crippen molar-refractivity contribution in [3.8, 4) is 5.88 Å². The average Bonchev–Trinajstić information content (AvgIpc) is 3.35. The number of hydrogen-bond donors (Lipinski definition) is 2. The topological polar surface area (TPSA) is 104 Å². The van der Waals surface area contributed by atoms with E-state index < -0.39 is 11.7 Å². The molecule has 3 unspecified atom stereocenters. The number of carbonyl (C=O) groups is 1. The van der Waals surface area contributed by atoms with Gasteiger partial charge < -0.3 is 15.0 Å². The Balaban J connectivity index is 1.50. The Bertz CT molecular complexity index is 1040. The fraction of sp³-hybridized carbons (Fsp3) is 0.381. The van der Waals surface area contributed by atoms with Crippen molar-refractivity contribution in [2.75, 3.05) is 12.0 Å². The number of piperidine rings is 1. The Morgan fingerprint density at radius 2 is 2.12 bits per heavy atom. The summed E-state index contributed by atoms with van der Waals surface area (Å²) in [7, 11) is 0. The van der Waals surface area contributed by atoms with Gasteiger partial charge in [-0.3, -0.25) is 10.2 Å². The highest BCUT2D eigenvalue weighted by molar-refractivity contribution is 6.14. The summed E-state index contributed by atoms with van der Waals surface area (Å²) < 4.78 is 44.1. The lowest BCUT2D eigenvalue weighted by atomic mass is 10.1. The summed E-state index contributed by atoms with van der Waals surface area (Å²) in [5.41, 5.74) is 3.19. The first-order valence-corrected chi connectivity index (χ1v) is 10.0. The van der Waals surface area contributed by atoms with Crippen LogP contribution in [-0.2, 0) is 6.18 Å². The number of aryl methyl sites for hydroxylation is 1. The van der Waals surface area contributed by atoms with Gasteiger partial charge in [-0.1, -0.05) is 0 Å². The first-order chi connectivity index (χ1) is 15.3. The lowest BCUT2D eigenvalue weighted by Gasteiger charge is -2.33. The van der Waals surface area contributed by atoms with Crippen molar-refractivity contribution in [3.63, 3.8) is 0 Å².